The maximum absolute atomic E-state index is 13.0. The molecule has 1 unspecified atom stereocenters. The summed E-state index contributed by atoms with van der Waals surface area (Å²) in [5, 5.41) is 6.21. The van der Waals surface area contributed by atoms with Crippen LogP contribution in [0, 0.1) is 0 Å². The van der Waals surface area contributed by atoms with Crippen LogP contribution < -0.4 is 10.6 Å². The van der Waals surface area contributed by atoms with E-state index in [4.69, 9.17) is 27.9 Å². The van der Waals surface area contributed by atoms with Gasteiger partial charge in [-0.1, -0.05) is 29.3 Å². The smallest absolute Gasteiger partial charge is 0.319 e. The Kier molecular flexibility index (Phi) is 4.99. The zero-order valence-corrected chi connectivity index (χ0v) is 14.6. The molecule has 0 saturated carbocycles. The molecule has 6 nitrogen and oxygen atoms in total. The van der Waals surface area contributed by atoms with Gasteiger partial charge in [0.25, 0.3) is 5.91 Å². The molecule has 0 aliphatic carbocycles. The number of urea groups is 1. The molecule has 1 aromatic rings. The molecule has 1 aromatic carbocycles. The lowest BCUT2D eigenvalue weighted by Crippen LogP contribution is -2.49. The molecular formula is C16H17Cl2N3O3. The van der Waals surface area contributed by atoms with E-state index in [1.54, 1.807) is 30.0 Å². The predicted molar refractivity (Wildman–Crippen MR) is 91.0 cm³/mol. The van der Waals surface area contributed by atoms with Gasteiger partial charge < -0.3 is 20.3 Å². The minimum Gasteiger partial charge on any atom is -0.378 e. The summed E-state index contributed by atoms with van der Waals surface area (Å²) in [5.41, 5.74) is 1.45. The second kappa shape index (κ2) is 7.01. The van der Waals surface area contributed by atoms with Crippen molar-refractivity contribution in [3.63, 3.8) is 0 Å². The molecule has 1 atom stereocenters. The summed E-state index contributed by atoms with van der Waals surface area (Å²) in [6, 6.07) is 3.99. The number of halogens is 2. The van der Waals surface area contributed by atoms with E-state index in [1.807, 2.05) is 0 Å². The van der Waals surface area contributed by atoms with Crippen LogP contribution in [-0.4, -0.2) is 43.1 Å². The second-order valence-corrected chi connectivity index (χ2v) is 6.42. The van der Waals surface area contributed by atoms with E-state index < -0.39 is 12.1 Å². The topological polar surface area (TPSA) is 70.7 Å². The Morgan fingerprint density at radius 1 is 1.25 bits per heavy atom. The van der Waals surface area contributed by atoms with E-state index in [9.17, 15) is 9.59 Å². The lowest BCUT2D eigenvalue weighted by molar-refractivity contribution is -0.131. The Labute approximate surface area is 149 Å². The van der Waals surface area contributed by atoms with Gasteiger partial charge in [-0.3, -0.25) is 4.79 Å². The predicted octanol–water partition coefficient (Wildman–Crippen LogP) is 2.48. The van der Waals surface area contributed by atoms with Gasteiger partial charge in [0.1, 0.15) is 0 Å². The summed E-state index contributed by atoms with van der Waals surface area (Å²) in [5.74, 6) is -0.163. The molecule has 2 aliphatic rings. The third-order valence-electron chi connectivity index (χ3n) is 4.09. The fourth-order valence-corrected chi connectivity index (χ4v) is 3.53. The van der Waals surface area contributed by atoms with Crippen LogP contribution in [0.15, 0.2) is 29.5 Å². The SMILES string of the molecule is CC1=C(C(=O)N2CCOCC2)C(c2c(Cl)cccc2Cl)NC(=O)N1. The molecule has 0 aromatic heterocycles. The highest BCUT2D eigenvalue weighted by Crippen LogP contribution is 2.37. The monoisotopic (exact) mass is 369 g/mol. The molecule has 3 amide bonds. The third-order valence-corrected chi connectivity index (χ3v) is 4.75. The molecule has 8 heteroatoms. The average molecular weight is 370 g/mol. The number of morpholine rings is 1. The molecule has 3 rings (SSSR count). The zero-order valence-electron chi connectivity index (χ0n) is 13.1. The quantitative estimate of drug-likeness (QED) is 0.840. The summed E-state index contributed by atoms with van der Waals surface area (Å²) in [7, 11) is 0. The van der Waals surface area contributed by atoms with Gasteiger partial charge in [-0.25, -0.2) is 4.79 Å². The van der Waals surface area contributed by atoms with Crippen molar-refractivity contribution in [1.29, 1.82) is 0 Å². The Bertz CT molecular complexity index is 694. The van der Waals surface area contributed by atoms with Crippen LogP contribution in [0.5, 0.6) is 0 Å². The molecule has 0 radical (unpaired) electrons. The highest BCUT2D eigenvalue weighted by molar-refractivity contribution is 6.36. The van der Waals surface area contributed by atoms with Crippen LogP contribution in [0.3, 0.4) is 0 Å². The van der Waals surface area contributed by atoms with Gasteiger partial charge in [-0.15, -0.1) is 0 Å². The molecule has 0 spiro atoms. The fraction of sp³-hybridized carbons (Fsp3) is 0.375. The minimum absolute atomic E-state index is 0.163. The van der Waals surface area contributed by atoms with Gasteiger partial charge in [0, 0.05) is 34.4 Å². The second-order valence-electron chi connectivity index (χ2n) is 5.61. The largest absolute Gasteiger partial charge is 0.378 e. The van der Waals surface area contributed by atoms with E-state index >= 15 is 0 Å². The summed E-state index contributed by atoms with van der Waals surface area (Å²) < 4.78 is 5.29. The first-order valence-corrected chi connectivity index (χ1v) is 8.34. The summed E-state index contributed by atoms with van der Waals surface area (Å²) >= 11 is 12.6. The van der Waals surface area contributed by atoms with E-state index in [0.717, 1.165) is 0 Å². The number of hydrogen-bond acceptors (Lipinski definition) is 3. The number of rotatable bonds is 2. The molecule has 1 fully saturated rings. The van der Waals surface area contributed by atoms with Gasteiger partial charge >= 0.3 is 6.03 Å². The van der Waals surface area contributed by atoms with Crippen molar-refractivity contribution in [3.8, 4) is 0 Å². The van der Waals surface area contributed by atoms with Crippen LogP contribution in [0.1, 0.15) is 18.5 Å². The molecule has 128 valence electrons. The Morgan fingerprint density at radius 3 is 2.50 bits per heavy atom. The number of nitrogens with one attached hydrogen (secondary N) is 2. The minimum atomic E-state index is -0.699. The molecule has 2 aliphatic heterocycles. The Hall–Kier alpha value is -1.76. The molecule has 24 heavy (non-hydrogen) atoms. The molecular weight excluding hydrogens is 353 g/mol. The van der Waals surface area contributed by atoms with Crippen molar-refractivity contribution in [3.05, 3.63) is 45.1 Å². The van der Waals surface area contributed by atoms with Crippen molar-refractivity contribution in [2.45, 2.75) is 13.0 Å². The molecule has 0 bridgehead atoms. The zero-order chi connectivity index (χ0) is 17.3. The van der Waals surface area contributed by atoms with Crippen molar-refractivity contribution >= 4 is 35.1 Å². The Balaban J connectivity index is 2.04. The van der Waals surface area contributed by atoms with Crippen molar-refractivity contribution in [2.75, 3.05) is 26.3 Å². The first-order chi connectivity index (χ1) is 11.5. The molecule has 2 heterocycles. The number of nitrogens with zero attached hydrogens (tertiary/aromatic N) is 1. The van der Waals surface area contributed by atoms with Crippen LogP contribution in [0.2, 0.25) is 10.0 Å². The number of carbonyl (C=O) groups excluding carboxylic acids is 2. The first kappa shape index (κ1) is 17.1. The molecule has 2 N–H and O–H groups in total. The van der Waals surface area contributed by atoms with E-state index in [2.05, 4.69) is 10.6 Å². The van der Waals surface area contributed by atoms with Gasteiger partial charge in [-0.05, 0) is 19.1 Å². The van der Waals surface area contributed by atoms with Gasteiger partial charge in [0.15, 0.2) is 0 Å². The van der Waals surface area contributed by atoms with Crippen molar-refractivity contribution in [1.82, 2.24) is 15.5 Å². The summed E-state index contributed by atoms with van der Waals surface area (Å²) in [4.78, 5) is 26.7. The maximum atomic E-state index is 13.0. The number of ether oxygens (including phenoxy) is 1. The van der Waals surface area contributed by atoms with E-state index in [0.29, 0.717) is 53.2 Å². The van der Waals surface area contributed by atoms with Crippen LogP contribution in [-0.2, 0) is 9.53 Å². The number of carbonyl (C=O) groups is 2. The summed E-state index contributed by atoms with van der Waals surface area (Å²) in [6.45, 7) is 3.70. The number of amides is 3. The van der Waals surface area contributed by atoms with E-state index in [-0.39, 0.29) is 5.91 Å². The highest BCUT2D eigenvalue weighted by Gasteiger charge is 2.36. The lowest BCUT2D eigenvalue weighted by atomic mass is 9.94. The molecule has 1 saturated heterocycles. The lowest BCUT2D eigenvalue weighted by Gasteiger charge is -2.34. The fourth-order valence-electron chi connectivity index (χ4n) is 2.92. The standard InChI is InChI=1S/C16H17Cl2N3O3/c1-9-12(15(22)21-5-7-24-8-6-21)14(20-16(23)19-9)13-10(17)3-2-4-11(13)18/h2-4,14H,5-8H2,1H3,(H2,19,20,23). The normalized spacial score (nSPS) is 21.4. The number of benzene rings is 1. The summed E-state index contributed by atoms with van der Waals surface area (Å²) in [6.07, 6.45) is 0. The maximum Gasteiger partial charge on any atom is 0.319 e. The Morgan fingerprint density at radius 2 is 1.88 bits per heavy atom. The van der Waals surface area contributed by atoms with Crippen molar-refractivity contribution in [2.24, 2.45) is 0 Å². The number of allylic oxidation sites excluding steroid dienone is 1. The van der Waals surface area contributed by atoms with Gasteiger partial charge in [0.2, 0.25) is 0 Å². The van der Waals surface area contributed by atoms with E-state index in [1.165, 1.54) is 0 Å². The number of hydrogen-bond donors (Lipinski definition) is 2. The van der Waals surface area contributed by atoms with Gasteiger partial charge in [0.05, 0.1) is 24.8 Å². The van der Waals surface area contributed by atoms with Crippen molar-refractivity contribution < 1.29 is 14.3 Å². The highest BCUT2D eigenvalue weighted by atomic mass is 35.5. The van der Waals surface area contributed by atoms with Crippen LogP contribution >= 0.6 is 23.2 Å². The van der Waals surface area contributed by atoms with Crippen LogP contribution in [0.25, 0.3) is 0 Å². The van der Waals surface area contributed by atoms with Gasteiger partial charge in [-0.2, -0.15) is 0 Å². The third kappa shape index (κ3) is 3.22. The van der Waals surface area contributed by atoms with Crippen LogP contribution in [0.4, 0.5) is 4.79 Å². The first-order valence-electron chi connectivity index (χ1n) is 7.58. The average Bonchev–Trinajstić information content (AvgIpc) is 2.54.